The second kappa shape index (κ2) is 11.1. The first-order valence-corrected chi connectivity index (χ1v) is 17.3. The predicted molar refractivity (Wildman–Crippen MR) is 156 cm³/mol. The van der Waals surface area contributed by atoms with Crippen molar-refractivity contribution in [3.8, 4) is 0 Å². The van der Waals surface area contributed by atoms with Gasteiger partial charge < -0.3 is 10.2 Å². The molecule has 48 heavy (non-hydrogen) atoms. The van der Waals surface area contributed by atoms with E-state index < -0.39 is 61.0 Å². The number of nitrogens with zero attached hydrogens (tertiary/aromatic N) is 1. The summed E-state index contributed by atoms with van der Waals surface area (Å²) in [5.41, 5.74) is -8.98. The average molecular weight is 707 g/mol. The summed E-state index contributed by atoms with van der Waals surface area (Å²) in [5.74, 6) is -1.20. The van der Waals surface area contributed by atoms with Crippen molar-refractivity contribution >= 4 is 21.7 Å². The molecule has 1 saturated heterocycles. The SMILES string of the molecule is CC(=O)NC12CCC(C(=O)N3CC[C@@]4(S(=O)(=O)c5ccc(F)cc5)c5ccc(C(F)(C(F)(F)F)C(F)(F)F)cc5CCC[C@@H]34)(CC1)CC2. The number of rotatable bonds is 5. The first kappa shape index (κ1) is 34.6. The second-order valence-electron chi connectivity index (χ2n) is 13.8. The van der Waals surface area contributed by atoms with E-state index in [1.54, 1.807) is 0 Å². The highest BCUT2D eigenvalue weighted by Gasteiger charge is 2.74. The number of carbonyl (C=O) groups excluding carboxylic acids is 2. The molecule has 2 bridgehead atoms. The topological polar surface area (TPSA) is 83.6 Å². The Hall–Kier alpha value is -3.23. The summed E-state index contributed by atoms with van der Waals surface area (Å²) in [6, 6.07) is 4.45. The normalized spacial score (nSPS) is 29.2. The Bertz CT molecular complexity index is 1700. The number of benzene rings is 2. The fourth-order valence-corrected chi connectivity index (χ4v) is 11.2. The number of amides is 2. The third kappa shape index (κ3) is 4.95. The standard InChI is InChI=1S/C33H34F8N2O4S/c1-20(44)42-29-14-11-28(12-15-29,13-16-29)27(45)43-18-17-30(48(46,47)24-8-6-23(34)7-9-24)25-10-5-22(19-21(25)3-2-4-26(30)43)31(35,32(36,37)38)33(39,40)41/h5-10,19,26H,2-4,11-18H2,1H3,(H,42,44)/t26-,28?,29?,30-/m1/s1. The Morgan fingerprint density at radius 1 is 0.854 bits per heavy atom. The molecule has 262 valence electrons. The van der Waals surface area contributed by atoms with Crippen molar-refractivity contribution < 1.29 is 53.1 Å². The minimum atomic E-state index is -6.36. The van der Waals surface area contributed by atoms with Crippen LogP contribution in [0.1, 0.15) is 81.4 Å². The van der Waals surface area contributed by atoms with E-state index in [2.05, 4.69) is 5.32 Å². The number of hydrogen-bond acceptors (Lipinski definition) is 4. The van der Waals surface area contributed by atoms with Crippen molar-refractivity contribution in [3.05, 3.63) is 65.0 Å². The van der Waals surface area contributed by atoms with E-state index in [-0.39, 0.29) is 60.1 Å². The van der Waals surface area contributed by atoms with Gasteiger partial charge in [-0.2, -0.15) is 26.3 Å². The van der Waals surface area contributed by atoms with E-state index in [0.29, 0.717) is 50.7 Å². The summed E-state index contributed by atoms with van der Waals surface area (Å²) >= 11 is 0. The summed E-state index contributed by atoms with van der Waals surface area (Å²) in [5, 5.41) is 3.02. The molecule has 0 radical (unpaired) electrons. The lowest BCUT2D eigenvalue weighted by atomic mass is 9.56. The molecule has 6 nitrogen and oxygen atoms in total. The van der Waals surface area contributed by atoms with Gasteiger partial charge in [0.15, 0.2) is 9.84 Å². The highest BCUT2D eigenvalue weighted by atomic mass is 32.2. The Labute approximate surface area is 272 Å². The molecular weight excluding hydrogens is 672 g/mol. The van der Waals surface area contributed by atoms with Gasteiger partial charge in [0.2, 0.25) is 11.8 Å². The number of alkyl halides is 7. The Kier molecular flexibility index (Phi) is 8.04. The molecule has 0 aromatic heterocycles. The van der Waals surface area contributed by atoms with Crippen LogP contribution in [0.5, 0.6) is 0 Å². The smallest absolute Gasteiger partial charge is 0.351 e. The van der Waals surface area contributed by atoms with Crippen molar-refractivity contribution in [3.63, 3.8) is 0 Å². The molecule has 0 unspecified atom stereocenters. The van der Waals surface area contributed by atoms with Crippen LogP contribution >= 0.6 is 0 Å². The third-order valence-electron chi connectivity index (χ3n) is 11.3. The van der Waals surface area contributed by atoms with Crippen molar-refractivity contribution in [2.75, 3.05) is 6.54 Å². The number of sulfone groups is 1. The van der Waals surface area contributed by atoms with Crippen LogP contribution in [-0.4, -0.2) is 55.6 Å². The lowest BCUT2D eigenvalue weighted by molar-refractivity contribution is -0.348. The minimum absolute atomic E-state index is 0.0431. The van der Waals surface area contributed by atoms with Crippen molar-refractivity contribution in [1.82, 2.24) is 10.2 Å². The predicted octanol–water partition coefficient (Wildman–Crippen LogP) is 6.95. The zero-order valence-electron chi connectivity index (χ0n) is 25.9. The summed E-state index contributed by atoms with van der Waals surface area (Å²) in [6.07, 6.45) is -10.0. The van der Waals surface area contributed by atoms with Gasteiger partial charge in [-0.25, -0.2) is 17.2 Å². The molecule has 1 N–H and O–H groups in total. The summed E-state index contributed by atoms with van der Waals surface area (Å²) < 4.78 is 139. The molecule has 4 fully saturated rings. The molecule has 2 atom stereocenters. The molecule has 3 saturated carbocycles. The number of likely N-dealkylation sites (tertiary alicyclic amines) is 1. The Morgan fingerprint density at radius 2 is 1.44 bits per heavy atom. The monoisotopic (exact) mass is 706 g/mol. The molecule has 2 aromatic carbocycles. The van der Waals surface area contributed by atoms with Gasteiger partial charge in [0.25, 0.3) is 0 Å². The molecule has 15 heteroatoms. The second-order valence-corrected chi connectivity index (χ2v) is 16.0. The van der Waals surface area contributed by atoms with Gasteiger partial charge in [-0.1, -0.05) is 18.2 Å². The van der Waals surface area contributed by atoms with Gasteiger partial charge in [0, 0.05) is 30.0 Å². The van der Waals surface area contributed by atoms with Crippen LogP contribution in [0.15, 0.2) is 47.4 Å². The van der Waals surface area contributed by atoms with Gasteiger partial charge in [-0.3, -0.25) is 9.59 Å². The average Bonchev–Trinajstić information content (AvgIpc) is 3.31. The van der Waals surface area contributed by atoms with E-state index in [9.17, 15) is 48.7 Å². The molecular formula is C33H34F8N2O4S. The first-order valence-electron chi connectivity index (χ1n) is 15.8. The summed E-state index contributed by atoms with van der Waals surface area (Å²) in [6.45, 7) is 1.36. The zero-order valence-corrected chi connectivity index (χ0v) is 26.7. The van der Waals surface area contributed by atoms with Crippen LogP contribution in [0.25, 0.3) is 0 Å². The van der Waals surface area contributed by atoms with Gasteiger partial charge in [0.1, 0.15) is 10.6 Å². The molecule has 2 aromatic rings. The fraction of sp³-hybridized carbons (Fsp3) is 0.576. The van der Waals surface area contributed by atoms with Crippen LogP contribution in [-0.2, 0) is 36.3 Å². The van der Waals surface area contributed by atoms with Crippen LogP contribution in [0.4, 0.5) is 35.1 Å². The van der Waals surface area contributed by atoms with Gasteiger partial charge in [-0.15, -0.1) is 0 Å². The highest BCUT2D eigenvalue weighted by Crippen LogP contribution is 2.58. The van der Waals surface area contributed by atoms with E-state index in [4.69, 9.17) is 0 Å². The number of nitrogens with one attached hydrogen (secondary N) is 1. The first-order chi connectivity index (χ1) is 22.2. The number of hydrogen-bond donors (Lipinski definition) is 1. The molecule has 4 aliphatic carbocycles. The minimum Gasteiger partial charge on any atom is -0.351 e. The van der Waals surface area contributed by atoms with E-state index in [1.807, 2.05) is 0 Å². The van der Waals surface area contributed by atoms with Crippen LogP contribution in [0.3, 0.4) is 0 Å². The zero-order chi connectivity index (χ0) is 35.1. The van der Waals surface area contributed by atoms with Crippen LogP contribution in [0.2, 0.25) is 0 Å². The van der Waals surface area contributed by atoms with E-state index in [1.165, 1.54) is 11.8 Å². The maximum atomic E-state index is 15.2. The molecule has 1 aliphatic heterocycles. The molecule has 7 rings (SSSR count). The van der Waals surface area contributed by atoms with E-state index >= 15 is 4.39 Å². The molecule has 5 aliphatic rings. The largest absolute Gasteiger partial charge is 0.435 e. The van der Waals surface area contributed by atoms with Gasteiger partial charge >= 0.3 is 18.0 Å². The fourth-order valence-electron chi connectivity index (χ4n) is 8.86. The lowest BCUT2D eigenvalue weighted by Gasteiger charge is -2.54. The molecule has 2 amide bonds. The maximum absolute atomic E-state index is 15.2. The van der Waals surface area contributed by atoms with Crippen LogP contribution < -0.4 is 5.32 Å². The molecule has 0 spiro atoms. The number of aryl methyl sites for hydroxylation is 1. The van der Waals surface area contributed by atoms with Crippen molar-refractivity contribution in [2.24, 2.45) is 5.41 Å². The summed E-state index contributed by atoms with van der Waals surface area (Å²) in [4.78, 5) is 27.6. The van der Waals surface area contributed by atoms with Crippen molar-refractivity contribution in [2.45, 2.75) is 110 Å². The van der Waals surface area contributed by atoms with Crippen LogP contribution in [0, 0.1) is 11.2 Å². The highest BCUT2D eigenvalue weighted by molar-refractivity contribution is 7.92. The quantitative estimate of drug-likeness (QED) is 0.270. The van der Waals surface area contributed by atoms with Crippen molar-refractivity contribution in [1.29, 1.82) is 0 Å². The lowest BCUT2D eigenvalue weighted by Crippen LogP contribution is -2.61. The number of halogens is 8. The number of carbonyl (C=O) groups is 2. The summed E-state index contributed by atoms with van der Waals surface area (Å²) in [7, 11) is -4.60. The molecule has 1 heterocycles. The van der Waals surface area contributed by atoms with Gasteiger partial charge in [0.05, 0.1) is 10.9 Å². The Balaban J connectivity index is 1.47. The Morgan fingerprint density at radius 3 is 1.98 bits per heavy atom. The van der Waals surface area contributed by atoms with Gasteiger partial charge in [-0.05, 0) is 99.6 Å². The maximum Gasteiger partial charge on any atom is 0.435 e. The third-order valence-corrected chi connectivity index (χ3v) is 13.9. The van der Waals surface area contributed by atoms with E-state index in [0.717, 1.165) is 30.3 Å². The number of fused-ring (bicyclic) bond motifs is 6.